The van der Waals surface area contributed by atoms with Gasteiger partial charge in [-0.1, -0.05) is 28.5 Å². The first-order chi connectivity index (χ1) is 23.5. The van der Waals surface area contributed by atoms with Gasteiger partial charge in [-0.05, 0) is 131 Å². The van der Waals surface area contributed by atoms with Crippen LogP contribution in [0.15, 0.2) is 90.5 Å². The lowest BCUT2D eigenvalue weighted by Gasteiger charge is -2.14. The van der Waals surface area contributed by atoms with Gasteiger partial charge in [0.1, 0.15) is 22.9 Å². The van der Waals surface area contributed by atoms with E-state index in [1.54, 1.807) is 42.5 Å². The van der Waals surface area contributed by atoms with Crippen LogP contribution in [0.3, 0.4) is 0 Å². The second-order valence-corrected chi connectivity index (χ2v) is 13.5. The molecular formula is C34H29Br3N4O8. The number of hydrogen-bond acceptors (Lipinski definition) is 10. The molecule has 3 aliphatic rings. The van der Waals surface area contributed by atoms with Crippen molar-refractivity contribution < 1.29 is 39.7 Å². The number of hydrogen-bond donors (Lipinski definition) is 6. The van der Waals surface area contributed by atoms with E-state index in [0.717, 1.165) is 11.1 Å². The molecule has 12 nitrogen and oxygen atoms in total. The van der Waals surface area contributed by atoms with Gasteiger partial charge in [0.05, 0.1) is 13.4 Å². The molecule has 15 heteroatoms. The van der Waals surface area contributed by atoms with E-state index >= 15 is 0 Å². The number of fused-ring (bicyclic) bond motifs is 2. The van der Waals surface area contributed by atoms with E-state index in [1.807, 2.05) is 12.1 Å². The second-order valence-electron chi connectivity index (χ2n) is 10.9. The fourth-order valence-electron chi connectivity index (χ4n) is 4.91. The first-order valence-corrected chi connectivity index (χ1v) is 17.2. The van der Waals surface area contributed by atoms with E-state index < -0.39 is 11.8 Å². The molecule has 0 radical (unpaired) electrons. The zero-order chi connectivity index (χ0) is 35.1. The maximum absolute atomic E-state index is 13.0. The van der Waals surface area contributed by atoms with Crippen LogP contribution in [-0.4, -0.2) is 57.0 Å². The Kier molecular flexibility index (Phi) is 11.8. The third-order valence-corrected chi connectivity index (χ3v) is 9.30. The molecule has 6 N–H and O–H groups in total. The Morgan fingerprint density at radius 2 is 1.04 bits per heavy atom. The lowest BCUT2D eigenvalue weighted by Crippen LogP contribution is -2.33. The van der Waals surface area contributed by atoms with Crippen molar-refractivity contribution in [2.45, 2.75) is 25.7 Å². The number of amides is 2. The lowest BCUT2D eigenvalue weighted by atomic mass is 10.1. The Balaban J connectivity index is 1.44. The van der Waals surface area contributed by atoms with Gasteiger partial charge >= 0.3 is 0 Å². The summed E-state index contributed by atoms with van der Waals surface area (Å²) in [6.07, 6.45) is 0.782. The first-order valence-electron chi connectivity index (χ1n) is 14.8. The van der Waals surface area contributed by atoms with Gasteiger partial charge in [0.15, 0.2) is 23.0 Å². The molecule has 7 rings (SSSR count). The van der Waals surface area contributed by atoms with E-state index in [1.165, 1.54) is 12.1 Å². The number of benzene rings is 4. The van der Waals surface area contributed by atoms with E-state index in [0.29, 0.717) is 44.4 Å². The summed E-state index contributed by atoms with van der Waals surface area (Å²) in [5.74, 6) is -0.349. The summed E-state index contributed by atoms with van der Waals surface area (Å²) >= 11 is 10.3. The second kappa shape index (κ2) is 16.2. The maximum Gasteiger partial charge on any atom is 0.269 e. The topological polar surface area (TPSA) is 182 Å². The highest BCUT2D eigenvalue weighted by molar-refractivity contribution is 9.11. The van der Waals surface area contributed by atoms with Crippen LogP contribution >= 0.6 is 47.8 Å². The van der Waals surface area contributed by atoms with E-state index in [4.69, 9.17) is 9.47 Å². The number of carbonyl (C=O) groups is 2. The minimum Gasteiger partial charge on any atom is -0.504 e. The number of carbonyl (C=O) groups excluding carboxylic acids is 2. The molecule has 0 aliphatic carbocycles. The number of nitrogens with one attached hydrogen (secondary N) is 2. The minimum absolute atomic E-state index is 0.0183. The number of rotatable bonds is 0. The van der Waals surface area contributed by atoms with Crippen LogP contribution < -0.4 is 20.1 Å². The molecule has 0 fully saturated rings. The Morgan fingerprint density at radius 3 is 1.63 bits per heavy atom. The molecule has 0 aromatic heterocycles. The number of oxime groups is 2. The molecule has 0 atom stereocenters. The summed E-state index contributed by atoms with van der Waals surface area (Å²) in [5, 5.41) is 52.4. The highest BCUT2D eigenvalue weighted by Gasteiger charge is 2.19. The molecule has 49 heavy (non-hydrogen) atoms. The van der Waals surface area contributed by atoms with E-state index in [2.05, 4.69) is 68.7 Å². The SMILES string of the molecule is O=C1NCCc2ccc(O)c(c2)Oc2ccc(cc2Br)CCNC(=O)/C(=N/O)Cc2ccc(c(Br)c2)Oc2cc(cc(Br)c2O)C/C1=N/O. The Bertz CT molecular complexity index is 1970. The van der Waals surface area contributed by atoms with Crippen LogP contribution in [0.4, 0.5) is 0 Å². The van der Waals surface area contributed by atoms with Gasteiger partial charge in [0.2, 0.25) is 0 Å². The molecular weight excluding hydrogens is 832 g/mol. The maximum atomic E-state index is 13.0. The predicted octanol–water partition coefficient (Wildman–Crippen LogP) is 6.75. The molecule has 3 aliphatic heterocycles. The molecule has 0 saturated carbocycles. The fourth-order valence-corrected chi connectivity index (χ4v) is 6.42. The smallest absolute Gasteiger partial charge is 0.269 e. The Morgan fingerprint density at radius 1 is 0.571 bits per heavy atom. The number of nitrogens with zero attached hydrogens (tertiary/aromatic N) is 2. The van der Waals surface area contributed by atoms with Crippen LogP contribution in [-0.2, 0) is 35.3 Å². The van der Waals surface area contributed by atoms with Gasteiger partial charge in [-0.15, -0.1) is 0 Å². The number of halogens is 3. The standard InChI is InChI=1S/C34H29Br3N4O8/c35-22-11-18-2-5-28(22)48-30-16-19(1-4-27(30)42)8-10-39-34(45)26(41-47)15-21-13-24(37)32(43)31(17-21)49-29-6-3-20(12-23(29)36)14-25(40-46)33(44)38-9-7-18/h1-6,11-13,16-17,42-43,46-47H,7-10,14-15H2,(H,38,44)(H,39,45)/b40-25+,41-26-. The van der Waals surface area contributed by atoms with Crippen molar-refractivity contribution in [1.29, 1.82) is 0 Å². The van der Waals surface area contributed by atoms with Gasteiger partial charge in [-0.2, -0.15) is 0 Å². The summed E-state index contributed by atoms with van der Waals surface area (Å²) in [4.78, 5) is 25.8. The van der Waals surface area contributed by atoms with Gasteiger partial charge in [-0.25, -0.2) is 0 Å². The molecule has 2 amide bonds. The van der Waals surface area contributed by atoms with Crippen LogP contribution in [0, 0.1) is 0 Å². The molecule has 0 unspecified atom stereocenters. The van der Waals surface area contributed by atoms with Crippen molar-refractivity contribution in [3.8, 4) is 34.5 Å². The van der Waals surface area contributed by atoms with Gasteiger partial charge in [0, 0.05) is 25.9 Å². The van der Waals surface area contributed by atoms with Crippen LogP contribution in [0.1, 0.15) is 22.3 Å². The molecule has 4 aromatic rings. The number of phenolic OH excluding ortho intramolecular Hbond substituents is 2. The van der Waals surface area contributed by atoms with Crippen LogP contribution in [0.5, 0.6) is 34.5 Å². The number of aromatic hydroxyl groups is 2. The van der Waals surface area contributed by atoms with Crippen molar-refractivity contribution in [3.05, 3.63) is 102 Å². The summed E-state index contributed by atoms with van der Waals surface area (Å²) in [6, 6.07) is 18.3. The van der Waals surface area contributed by atoms with E-state index in [9.17, 15) is 30.2 Å². The van der Waals surface area contributed by atoms with Crippen LogP contribution in [0.2, 0.25) is 0 Å². The minimum atomic E-state index is -0.598. The quantitative estimate of drug-likeness (QED) is 0.0830. The van der Waals surface area contributed by atoms with E-state index in [-0.39, 0.29) is 64.8 Å². The molecule has 0 spiro atoms. The monoisotopic (exact) mass is 858 g/mol. The summed E-state index contributed by atoms with van der Waals surface area (Å²) in [6.45, 7) is 0.463. The predicted molar refractivity (Wildman–Crippen MR) is 192 cm³/mol. The summed E-state index contributed by atoms with van der Waals surface area (Å²) in [5.41, 5.74) is 2.52. The molecule has 3 heterocycles. The van der Waals surface area contributed by atoms with Crippen LogP contribution in [0.25, 0.3) is 0 Å². The largest absolute Gasteiger partial charge is 0.504 e. The summed E-state index contributed by atoms with van der Waals surface area (Å²) < 4.78 is 13.4. The highest BCUT2D eigenvalue weighted by Crippen LogP contribution is 2.40. The zero-order valence-corrected chi connectivity index (χ0v) is 30.3. The number of phenols is 2. The molecule has 254 valence electrons. The van der Waals surface area contributed by atoms with Gasteiger partial charge in [-0.3, -0.25) is 9.59 Å². The molecule has 4 aromatic carbocycles. The Hall–Kier alpha value is -4.60. The first kappa shape index (κ1) is 35.7. The third kappa shape index (κ3) is 9.10. The fraction of sp³-hybridized carbons (Fsp3) is 0.176. The molecule has 0 saturated heterocycles. The zero-order valence-electron chi connectivity index (χ0n) is 25.5. The lowest BCUT2D eigenvalue weighted by molar-refractivity contribution is -0.115. The van der Waals surface area contributed by atoms with Gasteiger partial charge < -0.3 is 40.7 Å². The normalized spacial score (nSPS) is 16.3. The Labute approximate surface area is 305 Å². The van der Waals surface area contributed by atoms with Crippen molar-refractivity contribution in [3.63, 3.8) is 0 Å². The molecule has 8 bridgehead atoms. The highest BCUT2D eigenvalue weighted by atomic mass is 79.9. The van der Waals surface area contributed by atoms with Crippen molar-refractivity contribution in [1.82, 2.24) is 10.6 Å². The average molecular weight is 861 g/mol. The average Bonchev–Trinajstić information content (AvgIpc) is 3.07. The summed E-state index contributed by atoms with van der Waals surface area (Å²) in [7, 11) is 0. The van der Waals surface area contributed by atoms with Gasteiger partial charge in [0.25, 0.3) is 11.8 Å². The number of ether oxygens (including phenoxy) is 2. The van der Waals surface area contributed by atoms with Crippen molar-refractivity contribution >= 4 is 71.0 Å². The third-order valence-electron chi connectivity index (χ3n) is 7.45. The van der Waals surface area contributed by atoms with Crippen molar-refractivity contribution in [2.24, 2.45) is 10.3 Å². The van der Waals surface area contributed by atoms with Crippen molar-refractivity contribution in [2.75, 3.05) is 13.1 Å².